The molecule has 0 N–H and O–H groups in total. The number of pyridine rings is 1. The first-order chi connectivity index (χ1) is 14.0. The number of hydrogen-bond donors (Lipinski definition) is 0. The lowest BCUT2D eigenvalue weighted by Crippen LogP contribution is -2.32. The van der Waals surface area contributed by atoms with Crippen molar-refractivity contribution in [2.24, 2.45) is 7.05 Å². The Morgan fingerprint density at radius 3 is 2.79 bits per heavy atom. The molecule has 0 aliphatic carbocycles. The summed E-state index contributed by atoms with van der Waals surface area (Å²) in [4.78, 5) is 19.2. The summed E-state index contributed by atoms with van der Waals surface area (Å²) in [7, 11) is 3.42. The Hall–Kier alpha value is -3.35. The third kappa shape index (κ3) is 4.08. The predicted molar refractivity (Wildman–Crippen MR) is 109 cm³/mol. The number of methoxy groups -OCH3 is 1. The van der Waals surface area contributed by atoms with Gasteiger partial charge in [-0.3, -0.25) is 9.48 Å². The lowest BCUT2D eigenvalue weighted by Gasteiger charge is -2.17. The molecule has 150 valence electrons. The molecule has 7 heteroatoms. The number of likely N-dealkylation sites (tertiary alicyclic amines) is 1. The first kappa shape index (κ1) is 19.0. The maximum Gasteiger partial charge on any atom is 0.272 e. The minimum Gasteiger partial charge on any atom is -0.497 e. The molecule has 3 heterocycles. The van der Waals surface area contributed by atoms with Gasteiger partial charge in [-0.1, -0.05) is 18.2 Å². The van der Waals surface area contributed by atoms with Gasteiger partial charge in [-0.25, -0.2) is 4.98 Å². The highest BCUT2D eigenvalue weighted by Crippen LogP contribution is 2.25. The van der Waals surface area contributed by atoms with Crippen LogP contribution in [0.3, 0.4) is 0 Å². The lowest BCUT2D eigenvalue weighted by atomic mass is 10.1. The molecular formula is C22H24N4O3. The van der Waals surface area contributed by atoms with E-state index in [2.05, 4.69) is 10.1 Å². The van der Waals surface area contributed by atoms with Crippen LogP contribution in [0.25, 0.3) is 11.3 Å². The van der Waals surface area contributed by atoms with Gasteiger partial charge in [0.2, 0.25) is 5.88 Å². The number of amides is 1. The van der Waals surface area contributed by atoms with Gasteiger partial charge < -0.3 is 14.4 Å². The third-order valence-corrected chi connectivity index (χ3v) is 5.05. The summed E-state index contributed by atoms with van der Waals surface area (Å²) in [6.07, 6.45) is 0.724. The Labute approximate surface area is 169 Å². The van der Waals surface area contributed by atoms with Crippen LogP contribution in [-0.4, -0.2) is 51.9 Å². The number of rotatable bonds is 5. The van der Waals surface area contributed by atoms with Crippen LogP contribution in [0, 0.1) is 6.92 Å². The second kappa shape index (κ2) is 7.95. The average Bonchev–Trinajstić information content (AvgIpc) is 3.34. The van der Waals surface area contributed by atoms with Gasteiger partial charge in [0.15, 0.2) is 0 Å². The Balaban J connectivity index is 1.46. The van der Waals surface area contributed by atoms with Crippen molar-refractivity contribution in [3.63, 3.8) is 0 Å². The fourth-order valence-corrected chi connectivity index (χ4v) is 3.52. The van der Waals surface area contributed by atoms with E-state index in [9.17, 15) is 4.79 Å². The Morgan fingerprint density at radius 1 is 1.17 bits per heavy atom. The van der Waals surface area contributed by atoms with Crippen LogP contribution in [-0.2, 0) is 7.05 Å². The lowest BCUT2D eigenvalue weighted by molar-refractivity contribution is 0.0760. The fraction of sp³-hybridized carbons (Fsp3) is 0.318. The van der Waals surface area contributed by atoms with Crippen molar-refractivity contribution >= 4 is 5.91 Å². The van der Waals surface area contributed by atoms with Crippen molar-refractivity contribution in [3.05, 3.63) is 59.9 Å². The molecule has 4 rings (SSSR count). The molecule has 0 bridgehead atoms. The van der Waals surface area contributed by atoms with E-state index in [-0.39, 0.29) is 12.0 Å². The third-order valence-electron chi connectivity index (χ3n) is 5.05. The number of carbonyl (C=O) groups excluding carboxylic acids is 1. The molecule has 1 aromatic carbocycles. The van der Waals surface area contributed by atoms with Crippen molar-refractivity contribution in [1.82, 2.24) is 19.7 Å². The van der Waals surface area contributed by atoms with Gasteiger partial charge in [0.25, 0.3) is 5.91 Å². The summed E-state index contributed by atoms with van der Waals surface area (Å²) in [5.74, 6) is 1.31. The number of aryl methyl sites for hydroxylation is 2. The molecule has 1 fully saturated rings. The predicted octanol–water partition coefficient (Wildman–Crippen LogP) is 3.09. The minimum absolute atomic E-state index is 0.0440. The van der Waals surface area contributed by atoms with E-state index in [1.807, 2.05) is 60.4 Å². The van der Waals surface area contributed by atoms with Gasteiger partial charge >= 0.3 is 0 Å². The Morgan fingerprint density at radius 2 is 2.00 bits per heavy atom. The summed E-state index contributed by atoms with van der Waals surface area (Å²) in [5.41, 5.74) is 3.11. The van der Waals surface area contributed by atoms with E-state index in [0.717, 1.165) is 29.1 Å². The molecule has 1 amide bonds. The average molecular weight is 392 g/mol. The monoisotopic (exact) mass is 392 g/mol. The molecule has 1 aliphatic rings. The standard InChI is InChI=1S/C22H24N4O3/c1-15-6-4-9-21(23-15)29-18-10-11-26(14-18)22(27)20-13-19(24-25(20)2)16-7-5-8-17(12-16)28-3/h4-9,12-13,18H,10-11,14H2,1-3H3. The van der Waals surface area contributed by atoms with Gasteiger partial charge in [0.05, 0.1) is 19.3 Å². The van der Waals surface area contributed by atoms with Crippen molar-refractivity contribution in [2.75, 3.05) is 20.2 Å². The van der Waals surface area contributed by atoms with E-state index in [0.29, 0.717) is 24.7 Å². The molecule has 2 aromatic heterocycles. The van der Waals surface area contributed by atoms with Crippen molar-refractivity contribution in [3.8, 4) is 22.9 Å². The maximum atomic E-state index is 13.1. The zero-order chi connectivity index (χ0) is 20.4. The highest BCUT2D eigenvalue weighted by atomic mass is 16.5. The van der Waals surface area contributed by atoms with E-state index in [4.69, 9.17) is 9.47 Å². The first-order valence-electron chi connectivity index (χ1n) is 9.61. The Bertz CT molecular complexity index is 1030. The molecule has 29 heavy (non-hydrogen) atoms. The number of aromatic nitrogens is 3. The topological polar surface area (TPSA) is 69.5 Å². The summed E-state index contributed by atoms with van der Waals surface area (Å²) in [5, 5.41) is 4.52. The fourth-order valence-electron chi connectivity index (χ4n) is 3.52. The van der Waals surface area contributed by atoms with E-state index < -0.39 is 0 Å². The smallest absolute Gasteiger partial charge is 0.272 e. The number of hydrogen-bond acceptors (Lipinski definition) is 5. The van der Waals surface area contributed by atoms with E-state index in [1.165, 1.54) is 0 Å². The molecule has 7 nitrogen and oxygen atoms in total. The summed E-state index contributed by atoms with van der Waals surface area (Å²) < 4.78 is 12.9. The van der Waals surface area contributed by atoms with Crippen LogP contribution in [0.15, 0.2) is 48.5 Å². The van der Waals surface area contributed by atoms with Gasteiger partial charge in [0.1, 0.15) is 17.5 Å². The molecule has 1 atom stereocenters. The van der Waals surface area contributed by atoms with Crippen molar-refractivity contribution in [1.29, 1.82) is 0 Å². The van der Waals surface area contributed by atoms with Crippen LogP contribution in [0.2, 0.25) is 0 Å². The minimum atomic E-state index is -0.0562. The van der Waals surface area contributed by atoms with Crippen LogP contribution in [0.5, 0.6) is 11.6 Å². The number of benzene rings is 1. The molecule has 0 spiro atoms. The summed E-state index contributed by atoms with van der Waals surface area (Å²) in [6.45, 7) is 3.11. The normalized spacial score (nSPS) is 16.1. The second-order valence-corrected chi connectivity index (χ2v) is 7.17. The van der Waals surface area contributed by atoms with Crippen LogP contribution >= 0.6 is 0 Å². The van der Waals surface area contributed by atoms with Crippen molar-refractivity contribution in [2.45, 2.75) is 19.4 Å². The molecule has 0 saturated carbocycles. The number of nitrogens with zero attached hydrogens (tertiary/aromatic N) is 4. The molecule has 3 aromatic rings. The quantitative estimate of drug-likeness (QED) is 0.667. The molecule has 0 radical (unpaired) electrons. The molecule has 1 saturated heterocycles. The Kier molecular flexibility index (Phi) is 5.20. The maximum absolute atomic E-state index is 13.1. The number of ether oxygens (including phenoxy) is 2. The van der Waals surface area contributed by atoms with E-state index in [1.54, 1.807) is 18.8 Å². The zero-order valence-corrected chi connectivity index (χ0v) is 16.8. The van der Waals surface area contributed by atoms with Crippen LogP contribution < -0.4 is 9.47 Å². The summed E-state index contributed by atoms with van der Waals surface area (Å²) >= 11 is 0. The molecule has 1 unspecified atom stereocenters. The van der Waals surface area contributed by atoms with Crippen molar-refractivity contribution < 1.29 is 14.3 Å². The largest absolute Gasteiger partial charge is 0.497 e. The van der Waals surface area contributed by atoms with Crippen LogP contribution in [0.1, 0.15) is 22.6 Å². The van der Waals surface area contributed by atoms with Gasteiger partial charge in [-0.2, -0.15) is 5.10 Å². The second-order valence-electron chi connectivity index (χ2n) is 7.17. The van der Waals surface area contributed by atoms with E-state index >= 15 is 0 Å². The van der Waals surface area contributed by atoms with Crippen LogP contribution in [0.4, 0.5) is 0 Å². The highest BCUT2D eigenvalue weighted by molar-refractivity contribution is 5.94. The first-order valence-corrected chi connectivity index (χ1v) is 9.61. The zero-order valence-electron chi connectivity index (χ0n) is 16.8. The number of carbonyl (C=O) groups is 1. The SMILES string of the molecule is COc1cccc(-c2cc(C(=O)N3CCC(Oc4cccc(C)n4)C3)n(C)n2)c1. The molecule has 1 aliphatic heterocycles. The summed E-state index contributed by atoms with van der Waals surface area (Å²) in [6, 6.07) is 15.2. The van der Waals surface area contributed by atoms with Gasteiger partial charge in [-0.05, 0) is 31.2 Å². The van der Waals surface area contributed by atoms with Gasteiger partial charge in [-0.15, -0.1) is 0 Å². The highest BCUT2D eigenvalue weighted by Gasteiger charge is 2.30. The van der Waals surface area contributed by atoms with Gasteiger partial charge in [0, 0.05) is 37.3 Å². The molecular weight excluding hydrogens is 368 g/mol.